The molecule has 0 radical (unpaired) electrons. The van der Waals surface area contributed by atoms with Crippen LogP contribution in [-0.4, -0.2) is 38.2 Å². The molecule has 0 aliphatic carbocycles. The molecule has 8 nitrogen and oxygen atoms in total. The molecule has 0 spiro atoms. The van der Waals surface area contributed by atoms with Crippen LogP contribution in [0.4, 0.5) is 0 Å². The lowest BCUT2D eigenvalue weighted by molar-refractivity contribution is 1.13. The number of benzene rings is 9. The Morgan fingerprint density at radius 1 is 0.233 bits per heavy atom. The Labute approximate surface area is 494 Å². The highest BCUT2D eigenvalue weighted by Crippen LogP contribution is 2.40. The van der Waals surface area contributed by atoms with Gasteiger partial charge in [-0.05, 0) is 139 Å². The van der Waals surface area contributed by atoms with E-state index < -0.39 is 0 Å². The predicted octanol–water partition coefficient (Wildman–Crippen LogP) is 19.6. The van der Waals surface area contributed by atoms with Gasteiger partial charge in [0, 0.05) is 66.5 Å². The van der Waals surface area contributed by atoms with Crippen LogP contribution in [-0.2, 0) is 0 Å². The Hall–Kier alpha value is -11.7. The van der Waals surface area contributed by atoms with E-state index in [9.17, 15) is 0 Å². The number of fused-ring (bicyclic) bond motifs is 12. The Balaban J connectivity index is 0.733. The molecule has 0 bridgehead atoms. The van der Waals surface area contributed by atoms with Gasteiger partial charge < -0.3 is 18.3 Å². The van der Waals surface area contributed by atoms with Crippen LogP contribution in [0.2, 0.25) is 0 Å². The third-order valence-electron chi connectivity index (χ3n) is 17.0. The maximum absolute atomic E-state index is 5.51. The largest absolute Gasteiger partial charge is 0.308 e. The van der Waals surface area contributed by atoms with E-state index >= 15 is 0 Å². The van der Waals surface area contributed by atoms with E-state index in [-0.39, 0.29) is 0 Å². The van der Waals surface area contributed by atoms with Crippen LogP contribution in [0.15, 0.2) is 280 Å². The molecule has 0 aliphatic heterocycles. The molecule has 0 amide bonds. The monoisotopic (exact) mass is 1100 g/mol. The number of para-hydroxylation sites is 4. The molecule has 86 heavy (non-hydrogen) atoms. The van der Waals surface area contributed by atoms with E-state index in [4.69, 9.17) is 19.9 Å². The zero-order chi connectivity index (χ0) is 57.0. The highest BCUT2D eigenvalue weighted by atomic mass is 15.0. The summed E-state index contributed by atoms with van der Waals surface area (Å²) in [5.74, 6) is 0. The number of nitrogens with zero attached hydrogens (tertiary/aromatic N) is 8. The summed E-state index contributed by atoms with van der Waals surface area (Å²) in [6.45, 7) is 7.97. The van der Waals surface area contributed by atoms with Crippen molar-refractivity contribution in [2.45, 2.75) is 0 Å². The summed E-state index contributed by atoms with van der Waals surface area (Å²) in [4.78, 5) is 21.6. The Kier molecular flexibility index (Phi) is 11.1. The molecule has 0 fully saturated rings. The average Bonchev–Trinajstić information content (AvgIpc) is 2.16. The molecule has 0 aliphatic rings. The number of hydrogen-bond acceptors (Lipinski definition) is 4. The summed E-state index contributed by atoms with van der Waals surface area (Å²) in [5.41, 5.74) is 26.4. The molecule has 17 aromatic rings. The second kappa shape index (κ2) is 19.4. The highest BCUT2D eigenvalue weighted by molar-refractivity contribution is 6.11. The van der Waals surface area contributed by atoms with Crippen molar-refractivity contribution in [3.63, 3.8) is 0 Å². The molecular formula is C78H50N8. The third-order valence-corrected chi connectivity index (χ3v) is 17.0. The van der Waals surface area contributed by atoms with E-state index in [0.29, 0.717) is 0 Å². The normalized spacial score (nSPS) is 11.8. The highest BCUT2D eigenvalue weighted by Gasteiger charge is 2.21. The van der Waals surface area contributed by atoms with Gasteiger partial charge in [0.25, 0.3) is 0 Å². The van der Waals surface area contributed by atoms with Crippen molar-refractivity contribution in [3.05, 3.63) is 291 Å². The van der Waals surface area contributed by atoms with Gasteiger partial charge in [-0.2, -0.15) is 0 Å². The molecule has 0 saturated heterocycles. The van der Waals surface area contributed by atoms with Crippen molar-refractivity contribution in [1.29, 1.82) is 0 Å². The maximum Gasteiger partial charge on any atom is 0.0970 e. The Bertz CT molecular complexity index is 5330. The fourth-order valence-corrected chi connectivity index (χ4v) is 13.1. The molecule has 9 aromatic carbocycles. The molecule has 8 aromatic heterocycles. The molecule has 402 valence electrons. The lowest BCUT2D eigenvalue weighted by atomic mass is 10.1. The Morgan fingerprint density at radius 3 is 0.814 bits per heavy atom. The van der Waals surface area contributed by atoms with Crippen molar-refractivity contribution in [2.24, 2.45) is 0 Å². The van der Waals surface area contributed by atoms with E-state index in [1.54, 1.807) is 0 Å². The van der Waals surface area contributed by atoms with Crippen LogP contribution < -0.4 is 0 Å². The number of pyridine rings is 4. The number of rotatable bonds is 10. The van der Waals surface area contributed by atoms with Crippen LogP contribution in [0.3, 0.4) is 0 Å². The van der Waals surface area contributed by atoms with Crippen molar-refractivity contribution in [3.8, 4) is 67.8 Å². The second-order valence-electron chi connectivity index (χ2n) is 21.9. The number of hydrogen-bond donors (Lipinski definition) is 0. The van der Waals surface area contributed by atoms with Crippen molar-refractivity contribution < 1.29 is 0 Å². The van der Waals surface area contributed by atoms with Crippen LogP contribution in [0.1, 0.15) is 11.1 Å². The summed E-state index contributed by atoms with van der Waals surface area (Å²) in [5, 5.41) is 4.37. The summed E-state index contributed by atoms with van der Waals surface area (Å²) in [6, 6.07) is 94.6. The lowest BCUT2D eigenvalue weighted by Gasteiger charge is -2.13. The minimum Gasteiger partial charge on any atom is -0.308 e. The number of aromatic nitrogens is 8. The van der Waals surface area contributed by atoms with Gasteiger partial charge in [0.05, 0.1) is 89.0 Å². The van der Waals surface area contributed by atoms with Gasteiger partial charge in [-0.15, -0.1) is 0 Å². The van der Waals surface area contributed by atoms with E-state index in [2.05, 4.69) is 298 Å². The molecule has 0 saturated carbocycles. The van der Waals surface area contributed by atoms with Crippen molar-refractivity contribution >= 4 is 99.9 Å². The first kappa shape index (κ1) is 48.9. The first-order valence-electron chi connectivity index (χ1n) is 28.9. The molecule has 8 heterocycles. The van der Waals surface area contributed by atoms with Gasteiger partial charge in [-0.1, -0.05) is 165 Å². The lowest BCUT2D eigenvalue weighted by Crippen LogP contribution is -1.99. The van der Waals surface area contributed by atoms with Gasteiger partial charge in [-0.3, -0.25) is 0 Å². The molecule has 0 atom stereocenters. The average molecular weight is 1100 g/mol. The maximum atomic E-state index is 5.51. The van der Waals surface area contributed by atoms with Crippen LogP contribution in [0.25, 0.3) is 168 Å². The first-order valence-corrected chi connectivity index (χ1v) is 28.9. The standard InChI is InChI=1S/C78H50N8/c1-3-49-18-13-20-51(44-49)63-36-40-71-75(79-63)59-28-5-9-32-67(59)83(71)55-24-15-22-53(46-55)65-38-42-73-77(81-65)61-30-7-11-34-69(61)85(73)57-26-17-27-58(48-57)86-70-35-12-8-31-62(70)78-74(86)43-39-66(82-78)54-23-16-25-56(47-54)84-68-33-10-6-29-60(68)76-72(84)41-37-64(80-76)52-21-14-19-50(4-2)45-52/h3-48H,1-2H2. The topological polar surface area (TPSA) is 71.3 Å². The van der Waals surface area contributed by atoms with Gasteiger partial charge in [-0.25, -0.2) is 19.9 Å². The van der Waals surface area contributed by atoms with Gasteiger partial charge in [0.15, 0.2) is 0 Å². The fraction of sp³-hybridized carbons (Fsp3) is 0. The zero-order valence-corrected chi connectivity index (χ0v) is 46.6. The smallest absolute Gasteiger partial charge is 0.0970 e. The second-order valence-corrected chi connectivity index (χ2v) is 21.9. The SMILES string of the molecule is C=Cc1cccc(-c2ccc3c(n2)c2ccccc2n3-c2cccc(-c3ccc4c(n3)c3ccccc3n4-c3cccc(-n4c5ccccc5c5nc(-c6cccc(-n7c8ccccc8c8nc(-c9cccc(C=C)c9)ccc87)c6)ccc54)c3)c2)c1. The predicted molar refractivity (Wildman–Crippen MR) is 357 cm³/mol. The summed E-state index contributed by atoms with van der Waals surface area (Å²) < 4.78 is 9.33. The molecule has 0 N–H and O–H groups in total. The van der Waals surface area contributed by atoms with E-state index in [1.165, 1.54) is 0 Å². The van der Waals surface area contributed by atoms with Gasteiger partial charge >= 0.3 is 0 Å². The van der Waals surface area contributed by atoms with Crippen molar-refractivity contribution in [2.75, 3.05) is 0 Å². The van der Waals surface area contributed by atoms with E-state index in [1.807, 2.05) is 12.2 Å². The van der Waals surface area contributed by atoms with Crippen LogP contribution >= 0.6 is 0 Å². The quantitative estimate of drug-likeness (QED) is 0.137. The zero-order valence-electron chi connectivity index (χ0n) is 46.6. The fourth-order valence-electron chi connectivity index (χ4n) is 13.1. The Morgan fingerprint density at radius 2 is 0.500 bits per heavy atom. The van der Waals surface area contributed by atoms with Gasteiger partial charge in [0.2, 0.25) is 0 Å². The molecule has 0 unspecified atom stereocenters. The summed E-state index contributed by atoms with van der Waals surface area (Å²) in [7, 11) is 0. The first-order chi connectivity index (χ1) is 42.5. The van der Waals surface area contributed by atoms with Crippen molar-refractivity contribution in [1.82, 2.24) is 38.2 Å². The summed E-state index contributed by atoms with van der Waals surface area (Å²) in [6.07, 6.45) is 3.75. The van der Waals surface area contributed by atoms with Gasteiger partial charge in [0.1, 0.15) is 0 Å². The van der Waals surface area contributed by atoms with Crippen LogP contribution in [0, 0.1) is 0 Å². The molecule has 8 heteroatoms. The summed E-state index contributed by atoms with van der Waals surface area (Å²) >= 11 is 0. The molecule has 17 rings (SSSR count). The van der Waals surface area contributed by atoms with E-state index in [0.717, 1.165) is 167 Å². The third kappa shape index (κ3) is 7.70. The van der Waals surface area contributed by atoms with Crippen LogP contribution in [0.5, 0.6) is 0 Å². The molecular weight excluding hydrogens is 1050 g/mol. The minimum atomic E-state index is 0.896. The minimum absolute atomic E-state index is 0.896.